The van der Waals surface area contributed by atoms with Gasteiger partial charge in [0.1, 0.15) is 0 Å². The third-order valence-electron chi connectivity index (χ3n) is 2.52. The molecule has 1 aromatic rings. The molecule has 0 aliphatic carbocycles. The van der Waals surface area contributed by atoms with E-state index in [4.69, 9.17) is 5.73 Å². The SMILES string of the molecule is CCC(C)c1cc(C(C)N)n(C)n1. The predicted molar refractivity (Wildman–Crippen MR) is 54.5 cm³/mol. The van der Waals surface area contributed by atoms with Crippen molar-refractivity contribution in [3.63, 3.8) is 0 Å². The van der Waals surface area contributed by atoms with Gasteiger partial charge in [-0.3, -0.25) is 4.68 Å². The lowest BCUT2D eigenvalue weighted by Crippen LogP contribution is -2.10. The van der Waals surface area contributed by atoms with Crippen LogP contribution in [-0.4, -0.2) is 9.78 Å². The summed E-state index contributed by atoms with van der Waals surface area (Å²) in [5.74, 6) is 0.527. The second-order valence-electron chi connectivity index (χ2n) is 3.72. The first-order chi connectivity index (χ1) is 6.06. The first-order valence-electron chi connectivity index (χ1n) is 4.85. The van der Waals surface area contributed by atoms with E-state index in [0.717, 1.165) is 17.8 Å². The van der Waals surface area contributed by atoms with Gasteiger partial charge in [0, 0.05) is 13.1 Å². The van der Waals surface area contributed by atoms with Crippen LogP contribution in [-0.2, 0) is 7.05 Å². The van der Waals surface area contributed by atoms with E-state index in [9.17, 15) is 0 Å². The molecule has 0 spiro atoms. The van der Waals surface area contributed by atoms with E-state index in [1.807, 2.05) is 18.7 Å². The van der Waals surface area contributed by atoms with Crippen molar-refractivity contribution in [3.8, 4) is 0 Å². The first-order valence-corrected chi connectivity index (χ1v) is 4.85. The van der Waals surface area contributed by atoms with Crippen molar-refractivity contribution in [2.45, 2.75) is 39.2 Å². The maximum Gasteiger partial charge on any atom is 0.0656 e. The molecule has 2 unspecified atom stereocenters. The highest BCUT2D eigenvalue weighted by Crippen LogP contribution is 2.20. The zero-order valence-corrected chi connectivity index (χ0v) is 8.91. The predicted octanol–water partition coefficient (Wildman–Crippen LogP) is 1.95. The summed E-state index contributed by atoms with van der Waals surface area (Å²) in [6, 6.07) is 2.18. The molecule has 0 saturated carbocycles. The van der Waals surface area contributed by atoms with Crippen molar-refractivity contribution in [1.29, 1.82) is 0 Å². The van der Waals surface area contributed by atoms with Crippen molar-refractivity contribution in [2.24, 2.45) is 12.8 Å². The van der Waals surface area contributed by atoms with Gasteiger partial charge in [-0.1, -0.05) is 13.8 Å². The van der Waals surface area contributed by atoms with Crippen molar-refractivity contribution in [2.75, 3.05) is 0 Å². The second-order valence-corrected chi connectivity index (χ2v) is 3.72. The summed E-state index contributed by atoms with van der Waals surface area (Å²) in [6.45, 7) is 6.34. The van der Waals surface area contributed by atoms with Crippen LogP contribution in [0.1, 0.15) is 50.5 Å². The maximum atomic E-state index is 5.81. The molecule has 1 heterocycles. The molecule has 0 amide bonds. The molecule has 0 fully saturated rings. The van der Waals surface area contributed by atoms with E-state index in [-0.39, 0.29) is 6.04 Å². The Kier molecular flexibility index (Phi) is 3.09. The highest BCUT2D eigenvalue weighted by Gasteiger charge is 2.12. The molecule has 1 aromatic heterocycles. The number of rotatable bonds is 3. The van der Waals surface area contributed by atoms with E-state index in [0.29, 0.717) is 5.92 Å². The molecule has 0 radical (unpaired) electrons. The average molecular weight is 181 g/mol. The molecule has 0 aliphatic rings. The monoisotopic (exact) mass is 181 g/mol. The third kappa shape index (κ3) is 2.10. The highest BCUT2D eigenvalue weighted by molar-refractivity contribution is 5.16. The fourth-order valence-electron chi connectivity index (χ4n) is 1.38. The zero-order chi connectivity index (χ0) is 10.0. The van der Waals surface area contributed by atoms with E-state index in [2.05, 4.69) is 25.0 Å². The van der Waals surface area contributed by atoms with Crippen LogP contribution < -0.4 is 5.73 Å². The Labute approximate surface area is 79.9 Å². The van der Waals surface area contributed by atoms with Crippen molar-refractivity contribution >= 4 is 0 Å². The van der Waals surface area contributed by atoms with Gasteiger partial charge in [-0.25, -0.2) is 0 Å². The van der Waals surface area contributed by atoms with Crippen LogP contribution in [0.3, 0.4) is 0 Å². The minimum Gasteiger partial charge on any atom is -0.323 e. The van der Waals surface area contributed by atoms with Gasteiger partial charge >= 0.3 is 0 Å². The Morgan fingerprint density at radius 1 is 1.54 bits per heavy atom. The van der Waals surface area contributed by atoms with Crippen LogP contribution in [0.4, 0.5) is 0 Å². The second kappa shape index (κ2) is 3.92. The summed E-state index contributed by atoms with van der Waals surface area (Å²) in [7, 11) is 1.95. The molecule has 74 valence electrons. The van der Waals surface area contributed by atoms with Crippen LogP contribution in [0.25, 0.3) is 0 Å². The molecule has 1 rings (SSSR count). The maximum absolute atomic E-state index is 5.81. The molecular formula is C10H19N3. The first kappa shape index (κ1) is 10.3. The number of aryl methyl sites for hydroxylation is 1. The normalized spacial score (nSPS) is 15.8. The number of hydrogen-bond donors (Lipinski definition) is 1. The fourth-order valence-corrected chi connectivity index (χ4v) is 1.38. The van der Waals surface area contributed by atoms with E-state index in [1.165, 1.54) is 0 Å². The van der Waals surface area contributed by atoms with Gasteiger partial charge in [0.2, 0.25) is 0 Å². The minimum absolute atomic E-state index is 0.0651. The number of nitrogens with zero attached hydrogens (tertiary/aromatic N) is 2. The van der Waals surface area contributed by atoms with Crippen molar-refractivity contribution < 1.29 is 0 Å². The smallest absolute Gasteiger partial charge is 0.0656 e. The lowest BCUT2D eigenvalue weighted by atomic mass is 10.0. The topological polar surface area (TPSA) is 43.8 Å². The fraction of sp³-hybridized carbons (Fsp3) is 0.700. The lowest BCUT2D eigenvalue weighted by molar-refractivity contribution is 0.629. The Bertz CT molecular complexity index is 276. The quantitative estimate of drug-likeness (QED) is 0.774. The molecule has 13 heavy (non-hydrogen) atoms. The van der Waals surface area contributed by atoms with Gasteiger partial charge in [0.25, 0.3) is 0 Å². The van der Waals surface area contributed by atoms with E-state index < -0.39 is 0 Å². The number of nitrogens with two attached hydrogens (primary N) is 1. The van der Waals surface area contributed by atoms with Gasteiger partial charge in [-0.05, 0) is 25.3 Å². The molecule has 3 nitrogen and oxygen atoms in total. The van der Waals surface area contributed by atoms with Crippen LogP contribution in [0.15, 0.2) is 6.07 Å². The van der Waals surface area contributed by atoms with Gasteiger partial charge in [-0.15, -0.1) is 0 Å². The summed E-state index contributed by atoms with van der Waals surface area (Å²) < 4.78 is 1.88. The van der Waals surface area contributed by atoms with E-state index >= 15 is 0 Å². The summed E-state index contributed by atoms with van der Waals surface area (Å²) in [5.41, 5.74) is 8.07. The zero-order valence-electron chi connectivity index (χ0n) is 8.91. The van der Waals surface area contributed by atoms with Gasteiger partial charge in [0.15, 0.2) is 0 Å². The Balaban J connectivity index is 2.95. The molecule has 0 aromatic carbocycles. The van der Waals surface area contributed by atoms with E-state index in [1.54, 1.807) is 0 Å². The Hall–Kier alpha value is -0.830. The van der Waals surface area contributed by atoms with Crippen LogP contribution in [0.5, 0.6) is 0 Å². The number of aromatic nitrogens is 2. The summed E-state index contributed by atoms with van der Waals surface area (Å²) in [5, 5.41) is 4.44. The van der Waals surface area contributed by atoms with Gasteiger partial charge in [-0.2, -0.15) is 5.10 Å². The summed E-state index contributed by atoms with van der Waals surface area (Å²) >= 11 is 0. The molecule has 0 bridgehead atoms. The highest BCUT2D eigenvalue weighted by atomic mass is 15.3. The molecule has 2 N–H and O–H groups in total. The number of hydrogen-bond acceptors (Lipinski definition) is 2. The molecule has 0 saturated heterocycles. The molecule has 2 atom stereocenters. The lowest BCUT2D eigenvalue weighted by Gasteiger charge is -2.03. The standard InChI is InChI=1S/C10H19N3/c1-5-7(2)9-6-10(8(3)11)13(4)12-9/h6-8H,5,11H2,1-4H3. The Morgan fingerprint density at radius 2 is 2.15 bits per heavy atom. The van der Waals surface area contributed by atoms with Crippen molar-refractivity contribution in [3.05, 3.63) is 17.5 Å². The van der Waals surface area contributed by atoms with Crippen LogP contribution >= 0.6 is 0 Å². The average Bonchev–Trinajstić information content (AvgIpc) is 2.46. The molecular weight excluding hydrogens is 162 g/mol. The summed E-state index contributed by atoms with van der Waals surface area (Å²) in [4.78, 5) is 0. The Morgan fingerprint density at radius 3 is 2.54 bits per heavy atom. The third-order valence-corrected chi connectivity index (χ3v) is 2.52. The van der Waals surface area contributed by atoms with Gasteiger partial charge in [0.05, 0.1) is 11.4 Å². The van der Waals surface area contributed by atoms with Crippen LogP contribution in [0, 0.1) is 0 Å². The minimum atomic E-state index is 0.0651. The molecule has 3 heteroatoms. The molecule has 0 aliphatic heterocycles. The van der Waals surface area contributed by atoms with Crippen molar-refractivity contribution in [1.82, 2.24) is 9.78 Å². The van der Waals surface area contributed by atoms with Gasteiger partial charge < -0.3 is 5.73 Å². The van der Waals surface area contributed by atoms with Crippen LogP contribution in [0.2, 0.25) is 0 Å². The largest absolute Gasteiger partial charge is 0.323 e. The summed E-state index contributed by atoms with van der Waals surface area (Å²) in [6.07, 6.45) is 1.12.